The second kappa shape index (κ2) is 11.3. The van der Waals surface area contributed by atoms with Crippen molar-refractivity contribution >= 4 is 27.3 Å². The molecule has 0 N–H and O–H groups in total. The van der Waals surface area contributed by atoms with Gasteiger partial charge in [-0.3, -0.25) is 4.79 Å². The summed E-state index contributed by atoms with van der Waals surface area (Å²) in [5, 5.41) is 0.0247. The molecular formula is C25H33ClN2O3S. The molecule has 1 aliphatic rings. The molecule has 174 valence electrons. The number of halogens is 1. The lowest BCUT2D eigenvalue weighted by Crippen LogP contribution is -2.48. The molecule has 0 unspecified atom stereocenters. The summed E-state index contributed by atoms with van der Waals surface area (Å²) >= 11 is 6.57. The molecule has 1 aliphatic heterocycles. The Hall–Kier alpha value is -1.89. The molecule has 2 aromatic rings. The Morgan fingerprint density at radius 1 is 1.09 bits per heavy atom. The molecule has 0 saturated carbocycles. The van der Waals surface area contributed by atoms with Crippen molar-refractivity contribution < 1.29 is 13.2 Å². The van der Waals surface area contributed by atoms with Crippen LogP contribution < -0.4 is 0 Å². The van der Waals surface area contributed by atoms with Gasteiger partial charge < -0.3 is 9.80 Å². The number of carbonyl (C=O) groups excluding carboxylic acids is 1. The minimum atomic E-state index is -3.23. The Morgan fingerprint density at radius 2 is 1.72 bits per heavy atom. The molecule has 3 rings (SSSR count). The summed E-state index contributed by atoms with van der Waals surface area (Å²) in [5.74, 6) is 0.1000. The third-order valence-corrected chi connectivity index (χ3v) is 7.82. The maximum Gasteiger partial charge on any atom is 0.227 e. The van der Waals surface area contributed by atoms with Crippen LogP contribution in [0.15, 0.2) is 59.5 Å². The summed E-state index contributed by atoms with van der Waals surface area (Å²) in [6.07, 6.45) is 4.32. The van der Waals surface area contributed by atoms with Gasteiger partial charge in [-0.15, -0.1) is 11.6 Å². The van der Waals surface area contributed by atoms with Crippen molar-refractivity contribution in [3.8, 4) is 0 Å². The summed E-state index contributed by atoms with van der Waals surface area (Å²) in [6, 6.07) is 17.1. The van der Waals surface area contributed by atoms with Crippen molar-refractivity contribution in [1.82, 2.24) is 9.80 Å². The van der Waals surface area contributed by atoms with Crippen molar-refractivity contribution in [2.24, 2.45) is 0 Å². The SMILES string of the molecule is CCN(C(=O)Cc1ccc(S(C)(=O)=O)cc1)C1CCN(CC[C@@H](Cl)c2ccccc2)CC1. The fourth-order valence-corrected chi connectivity index (χ4v) is 5.22. The number of rotatable bonds is 9. The van der Waals surface area contributed by atoms with Gasteiger partial charge >= 0.3 is 0 Å². The lowest BCUT2D eigenvalue weighted by atomic mass is 10.0. The van der Waals surface area contributed by atoms with E-state index < -0.39 is 9.84 Å². The highest BCUT2D eigenvalue weighted by Crippen LogP contribution is 2.25. The molecular weight excluding hydrogens is 444 g/mol. The molecule has 2 aromatic carbocycles. The third-order valence-electron chi connectivity index (χ3n) is 6.23. The Balaban J connectivity index is 1.48. The van der Waals surface area contributed by atoms with E-state index in [2.05, 4.69) is 17.0 Å². The van der Waals surface area contributed by atoms with Gasteiger partial charge in [-0.05, 0) is 56.0 Å². The number of alkyl halides is 1. The minimum Gasteiger partial charge on any atom is -0.340 e. The van der Waals surface area contributed by atoms with Crippen LogP contribution in [0, 0.1) is 0 Å². The second-order valence-corrected chi connectivity index (χ2v) is 11.1. The van der Waals surface area contributed by atoms with Gasteiger partial charge in [0, 0.05) is 31.9 Å². The second-order valence-electron chi connectivity index (χ2n) is 8.51. The zero-order valence-electron chi connectivity index (χ0n) is 18.9. The number of likely N-dealkylation sites (tertiary alicyclic amines) is 1. The van der Waals surface area contributed by atoms with Crippen molar-refractivity contribution in [1.29, 1.82) is 0 Å². The first-order valence-corrected chi connectivity index (χ1v) is 13.6. The van der Waals surface area contributed by atoms with Gasteiger partial charge in [0.15, 0.2) is 9.84 Å². The maximum absolute atomic E-state index is 13.0. The van der Waals surface area contributed by atoms with E-state index in [4.69, 9.17) is 11.6 Å². The van der Waals surface area contributed by atoms with Crippen LogP contribution in [0.4, 0.5) is 0 Å². The molecule has 0 spiro atoms. The van der Waals surface area contributed by atoms with Crippen LogP contribution in [0.5, 0.6) is 0 Å². The van der Waals surface area contributed by atoms with E-state index in [0.717, 1.165) is 50.0 Å². The predicted octanol–water partition coefficient (Wildman–Crippen LogP) is 4.32. The summed E-state index contributed by atoms with van der Waals surface area (Å²) < 4.78 is 23.2. The molecule has 0 bridgehead atoms. The van der Waals surface area contributed by atoms with E-state index in [0.29, 0.717) is 13.0 Å². The normalized spacial score (nSPS) is 16.6. The Labute approximate surface area is 197 Å². The van der Waals surface area contributed by atoms with Crippen molar-refractivity contribution in [2.75, 3.05) is 32.4 Å². The molecule has 1 fully saturated rings. The fourth-order valence-electron chi connectivity index (χ4n) is 4.35. The van der Waals surface area contributed by atoms with E-state index in [1.807, 2.05) is 30.0 Å². The maximum atomic E-state index is 13.0. The van der Waals surface area contributed by atoms with Gasteiger partial charge in [-0.25, -0.2) is 8.42 Å². The number of sulfone groups is 1. The predicted molar refractivity (Wildman–Crippen MR) is 130 cm³/mol. The standard InChI is InChI=1S/C25H33ClN2O3S/c1-3-28(25(29)19-20-9-11-23(12-10-20)32(2,30)31)22-13-16-27(17-14-22)18-15-24(26)21-7-5-4-6-8-21/h4-12,22,24H,3,13-19H2,1-2H3/t24-/m1/s1. The molecule has 1 heterocycles. The first-order chi connectivity index (χ1) is 15.3. The number of piperidine rings is 1. The van der Waals surface area contributed by atoms with Gasteiger partial charge in [0.1, 0.15) is 0 Å². The molecule has 7 heteroatoms. The van der Waals surface area contributed by atoms with Gasteiger partial charge in [0.2, 0.25) is 5.91 Å². The van der Waals surface area contributed by atoms with Gasteiger partial charge in [-0.1, -0.05) is 42.5 Å². The highest BCUT2D eigenvalue weighted by Gasteiger charge is 2.27. The number of benzene rings is 2. The van der Waals surface area contributed by atoms with Crippen molar-refractivity contribution in [2.45, 2.75) is 48.9 Å². The van der Waals surface area contributed by atoms with Gasteiger partial charge in [0.05, 0.1) is 16.7 Å². The number of hydrogen-bond donors (Lipinski definition) is 0. The van der Waals surface area contributed by atoms with E-state index in [1.165, 1.54) is 6.26 Å². The van der Waals surface area contributed by atoms with Crippen LogP contribution in [-0.4, -0.2) is 62.6 Å². The largest absolute Gasteiger partial charge is 0.340 e. The Kier molecular flexibility index (Phi) is 8.74. The Morgan fingerprint density at radius 3 is 2.28 bits per heavy atom. The summed E-state index contributed by atoms with van der Waals surface area (Å²) in [7, 11) is -3.23. The van der Waals surface area contributed by atoms with E-state index >= 15 is 0 Å². The summed E-state index contributed by atoms with van der Waals surface area (Å²) in [4.78, 5) is 17.7. The fraction of sp³-hybridized carbons (Fsp3) is 0.480. The molecule has 1 amide bonds. The number of carbonyl (C=O) groups is 1. The third kappa shape index (κ3) is 6.80. The number of likely N-dealkylation sites (N-methyl/N-ethyl adjacent to an activating group) is 1. The van der Waals surface area contributed by atoms with E-state index in [9.17, 15) is 13.2 Å². The highest BCUT2D eigenvalue weighted by molar-refractivity contribution is 7.90. The lowest BCUT2D eigenvalue weighted by Gasteiger charge is -2.38. The number of hydrogen-bond acceptors (Lipinski definition) is 4. The zero-order chi connectivity index (χ0) is 23.1. The minimum absolute atomic E-state index is 0.0247. The molecule has 0 aromatic heterocycles. The lowest BCUT2D eigenvalue weighted by molar-refractivity contribution is -0.133. The van der Waals surface area contributed by atoms with Gasteiger partial charge in [0.25, 0.3) is 0 Å². The molecule has 0 radical (unpaired) electrons. The first-order valence-electron chi connectivity index (χ1n) is 11.3. The van der Waals surface area contributed by atoms with Crippen LogP contribution >= 0.6 is 11.6 Å². The summed E-state index contributed by atoms with van der Waals surface area (Å²) in [6.45, 7) is 5.60. The highest BCUT2D eigenvalue weighted by atomic mass is 35.5. The van der Waals surface area contributed by atoms with Crippen LogP contribution in [0.3, 0.4) is 0 Å². The number of nitrogens with zero attached hydrogens (tertiary/aromatic N) is 2. The van der Waals surface area contributed by atoms with E-state index in [-0.39, 0.29) is 22.2 Å². The average molecular weight is 477 g/mol. The summed E-state index contributed by atoms with van der Waals surface area (Å²) in [5.41, 5.74) is 2.00. The van der Waals surface area contributed by atoms with Crippen molar-refractivity contribution in [3.63, 3.8) is 0 Å². The molecule has 1 saturated heterocycles. The molecule has 1 atom stereocenters. The molecule has 32 heavy (non-hydrogen) atoms. The molecule has 5 nitrogen and oxygen atoms in total. The smallest absolute Gasteiger partial charge is 0.227 e. The zero-order valence-corrected chi connectivity index (χ0v) is 20.5. The average Bonchev–Trinajstić information content (AvgIpc) is 2.79. The quantitative estimate of drug-likeness (QED) is 0.506. The number of amides is 1. The van der Waals surface area contributed by atoms with Crippen LogP contribution in [0.2, 0.25) is 0 Å². The monoisotopic (exact) mass is 476 g/mol. The van der Waals surface area contributed by atoms with Gasteiger partial charge in [-0.2, -0.15) is 0 Å². The van der Waals surface area contributed by atoms with E-state index in [1.54, 1.807) is 24.3 Å². The molecule has 0 aliphatic carbocycles. The van der Waals surface area contributed by atoms with Crippen LogP contribution in [-0.2, 0) is 21.1 Å². The first kappa shape index (κ1) is 24.7. The van der Waals surface area contributed by atoms with Crippen molar-refractivity contribution in [3.05, 3.63) is 65.7 Å². The van der Waals surface area contributed by atoms with Crippen LogP contribution in [0.25, 0.3) is 0 Å². The topological polar surface area (TPSA) is 57.7 Å². The van der Waals surface area contributed by atoms with Crippen LogP contribution in [0.1, 0.15) is 42.7 Å². The Bertz CT molecular complexity index is 972.